The van der Waals surface area contributed by atoms with Crippen molar-refractivity contribution in [2.75, 3.05) is 32.7 Å². The maximum absolute atomic E-state index is 12.6. The summed E-state index contributed by atoms with van der Waals surface area (Å²) in [5.74, 6) is 0.122. The summed E-state index contributed by atoms with van der Waals surface area (Å²) in [6, 6.07) is 4.25. The van der Waals surface area contributed by atoms with E-state index >= 15 is 0 Å². The summed E-state index contributed by atoms with van der Waals surface area (Å²) < 4.78 is 37.8. The average molecular weight is 406 g/mol. The molecule has 2 heterocycles. The van der Waals surface area contributed by atoms with E-state index in [2.05, 4.69) is 10.6 Å². The number of hydrogen-bond acceptors (Lipinski definition) is 3. The Bertz CT molecular complexity index is 655. The molecule has 5 nitrogen and oxygen atoms in total. The summed E-state index contributed by atoms with van der Waals surface area (Å²) in [6.07, 6.45) is -3.27. The number of carbonyl (C=O) groups is 2. The van der Waals surface area contributed by atoms with Crippen molar-refractivity contribution in [1.29, 1.82) is 0 Å². The van der Waals surface area contributed by atoms with E-state index in [0.717, 1.165) is 25.2 Å². The van der Waals surface area contributed by atoms with Gasteiger partial charge in [0, 0.05) is 50.1 Å². The molecule has 2 saturated heterocycles. The van der Waals surface area contributed by atoms with Crippen molar-refractivity contribution < 1.29 is 22.8 Å². The first-order valence-electron chi connectivity index (χ1n) is 8.79. The van der Waals surface area contributed by atoms with Crippen LogP contribution in [0.3, 0.4) is 0 Å². The molecule has 27 heavy (non-hydrogen) atoms. The van der Waals surface area contributed by atoms with Gasteiger partial charge in [-0.2, -0.15) is 13.2 Å². The smallest absolute Gasteiger partial charge is 0.355 e. The van der Waals surface area contributed by atoms with Crippen LogP contribution in [0.1, 0.15) is 28.8 Å². The lowest BCUT2D eigenvalue weighted by Gasteiger charge is -2.32. The number of nitrogens with one attached hydrogen (secondary N) is 2. The van der Waals surface area contributed by atoms with Crippen LogP contribution in [0.5, 0.6) is 0 Å². The molecule has 1 aromatic carbocycles. The van der Waals surface area contributed by atoms with Gasteiger partial charge in [-0.15, -0.1) is 12.4 Å². The van der Waals surface area contributed by atoms with Crippen LogP contribution in [0.25, 0.3) is 0 Å². The highest BCUT2D eigenvalue weighted by molar-refractivity contribution is 5.94. The monoisotopic (exact) mass is 405 g/mol. The van der Waals surface area contributed by atoms with Gasteiger partial charge < -0.3 is 15.5 Å². The SMILES string of the molecule is Cl.O=C(NCC1CNC1)C1CCN(C(=O)c2ccc(C(F)(F)F)cc2)CC1. The zero-order valence-electron chi connectivity index (χ0n) is 14.7. The number of nitrogens with zero attached hydrogens (tertiary/aromatic N) is 1. The second-order valence-electron chi connectivity index (χ2n) is 6.91. The number of alkyl halides is 3. The third-order valence-corrected chi connectivity index (χ3v) is 5.04. The van der Waals surface area contributed by atoms with Crippen LogP contribution < -0.4 is 10.6 Å². The largest absolute Gasteiger partial charge is 0.416 e. The minimum atomic E-state index is -4.41. The molecule has 0 aromatic heterocycles. The highest BCUT2D eigenvalue weighted by atomic mass is 35.5. The van der Waals surface area contributed by atoms with Gasteiger partial charge in [0.15, 0.2) is 0 Å². The van der Waals surface area contributed by atoms with Gasteiger partial charge in [-0.25, -0.2) is 0 Å². The van der Waals surface area contributed by atoms with E-state index in [1.165, 1.54) is 12.1 Å². The van der Waals surface area contributed by atoms with Crippen LogP contribution in [0.15, 0.2) is 24.3 Å². The quantitative estimate of drug-likeness (QED) is 0.808. The number of rotatable bonds is 4. The molecule has 1 aromatic rings. The second kappa shape index (κ2) is 8.93. The molecule has 0 atom stereocenters. The summed E-state index contributed by atoms with van der Waals surface area (Å²) in [5.41, 5.74) is -0.538. The van der Waals surface area contributed by atoms with Crippen LogP contribution in [-0.4, -0.2) is 49.4 Å². The normalized spacial score (nSPS) is 18.4. The van der Waals surface area contributed by atoms with E-state index in [-0.39, 0.29) is 35.7 Å². The molecule has 3 rings (SSSR count). The van der Waals surface area contributed by atoms with Gasteiger partial charge in [0.05, 0.1) is 5.56 Å². The maximum atomic E-state index is 12.6. The lowest BCUT2D eigenvalue weighted by Crippen LogP contribution is -2.50. The third-order valence-electron chi connectivity index (χ3n) is 5.04. The van der Waals surface area contributed by atoms with Gasteiger partial charge in [0.25, 0.3) is 5.91 Å². The molecular formula is C18H23ClF3N3O2. The van der Waals surface area contributed by atoms with E-state index in [9.17, 15) is 22.8 Å². The fourth-order valence-corrected chi connectivity index (χ4v) is 3.21. The Morgan fingerprint density at radius 1 is 1.11 bits per heavy atom. The highest BCUT2D eigenvalue weighted by Crippen LogP contribution is 2.29. The minimum absolute atomic E-state index is 0. The van der Waals surface area contributed by atoms with Crippen molar-refractivity contribution in [3.8, 4) is 0 Å². The van der Waals surface area contributed by atoms with E-state index in [1.807, 2.05) is 0 Å². The fraction of sp³-hybridized carbons (Fsp3) is 0.556. The number of halogens is 4. The van der Waals surface area contributed by atoms with E-state index < -0.39 is 11.7 Å². The first-order chi connectivity index (χ1) is 12.3. The van der Waals surface area contributed by atoms with Crippen LogP contribution in [-0.2, 0) is 11.0 Å². The molecule has 2 N–H and O–H groups in total. The summed E-state index contributed by atoms with van der Waals surface area (Å²) in [5, 5.41) is 6.11. The number of hydrogen-bond donors (Lipinski definition) is 2. The minimum Gasteiger partial charge on any atom is -0.355 e. The Morgan fingerprint density at radius 2 is 1.70 bits per heavy atom. The highest BCUT2D eigenvalue weighted by Gasteiger charge is 2.31. The van der Waals surface area contributed by atoms with Gasteiger partial charge in [0.1, 0.15) is 0 Å². The average Bonchev–Trinajstić information content (AvgIpc) is 2.59. The van der Waals surface area contributed by atoms with Crippen molar-refractivity contribution in [3.05, 3.63) is 35.4 Å². The number of likely N-dealkylation sites (tertiary alicyclic amines) is 1. The van der Waals surface area contributed by atoms with Crippen LogP contribution >= 0.6 is 12.4 Å². The van der Waals surface area contributed by atoms with Gasteiger partial charge in [0.2, 0.25) is 5.91 Å². The van der Waals surface area contributed by atoms with Gasteiger partial charge in [-0.3, -0.25) is 9.59 Å². The van der Waals surface area contributed by atoms with Crippen molar-refractivity contribution in [2.45, 2.75) is 19.0 Å². The van der Waals surface area contributed by atoms with Crippen molar-refractivity contribution in [3.63, 3.8) is 0 Å². The van der Waals surface area contributed by atoms with Gasteiger partial charge in [-0.1, -0.05) is 0 Å². The number of carbonyl (C=O) groups excluding carboxylic acids is 2. The van der Waals surface area contributed by atoms with Crippen molar-refractivity contribution in [2.24, 2.45) is 11.8 Å². The summed E-state index contributed by atoms with van der Waals surface area (Å²) in [7, 11) is 0. The lowest BCUT2D eigenvalue weighted by molar-refractivity contribution is -0.137. The molecule has 2 fully saturated rings. The number of benzene rings is 1. The van der Waals surface area contributed by atoms with E-state index in [4.69, 9.17) is 0 Å². The van der Waals surface area contributed by atoms with Crippen molar-refractivity contribution >= 4 is 24.2 Å². The summed E-state index contributed by atoms with van der Waals surface area (Å²) >= 11 is 0. The number of piperidine rings is 1. The maximum Gasteiger partial charge on any atom is 0.416 e. The standard InChI is InChI=1S/C18H22F3N3O2.ClH/c19-18(20,21)15-3-1-14(2-4-15)17(26)24-7-5-13(6-8-24)16(25)23-11-12-9-22-10-12;/h1-4,12-13,22H,5-11H2,(H,23,25);1H. The van der Waals surface area contributed by atoms with Crippen LogP contribution in [0.2, 0.25) is 0 Å². The van der Waals surface area contributed by atoms with Crippen LogP contribution in [0.4, 0.5) is 13.2 Å². The zero-order valence-corrected chi connectivity index (χ0v) is 15.5. The summed E-state index contributed by atoms with van der Waals surface area (Å²) in [4.78, 5) is 26.2. The second-order valence-corrected chi connectivity index (χ2v) is 6.91. The Labute approximate surface area is 162 Å². The molecule has 0 unspecified atom stereocenters. The number of amides is 2. The molecule has 2 aliphatic rings. The third kappa shape index (κ3) is 5.35. The molecule has 0 aliphatic carbocycles. The topological polar surface area (TPSA) is 61.4 Å². The van der Waals surface area contributed by atoms with Gasteiger partial charge >= 0.3 is 6.18 Å². The molecule has 0 spiro atoms. The Morgan fingerprint density at radius 3 is 2.19 bits per heavy atom. The molecule has 0 bridgehead atoms. The predicted molar refractivity (Wildman–Crippen MR) is 96.7 cm³/mol. The molecular weight excluding hydrogens is 383 g/mol. The van der Waals surface area contributed by atoms with Crippen LogP contribution in [0, 0.1) is 11.8 Å². The molecule has 150 valence electrons. The predicted octanol–water partition coefficient (Wildman–Crippen LogP) is 2.32. The summed E-state index contributed by atoms with van der Waals surface area (Å²) in [6.45, 7) is 3.41. The molecule has 2 amide bonds. The molecule has 0 radical (unpaired) electrons. The Hall–Kier alpha value is -1.80. The molecule has 9 heteroatoms. The van der Waals surface area contributed by atoms with E-state index in [1.54, 1.807) is 4.90 Å². The van der Waals surface area contributed by atoms with Crippen molar-refractivity contribution in [1.82, 2.24) is 15.5 Å². The van der Waals surface area contributed by atoms with E-state index in [0.29, 0.717) is 38.4 Å². The Kier molecular flexibility index (Phi) is 7.11. The first-order valence-corrected chi connectivity index (χ1v) is 8.79. The Balaban J connectivity index is 0.00000261. The molecule has 2 aliphatic heterocycles. The lowest BCUT2D eigenvalue weighted by atomic mass is 9.94. The fourth-order valence-electron chi connectivity index (χ4n) is 3.21. The molecule has 0 saturated carbocycles. The van der Waals surface area contributed by atoms with Gasteiger partial charge in [-0.05, 0) is 37.1 Å². The zero-order chi connectivity index (χ0) is 18.7. The first kappa shape index (κ1) is 21.5.